The third-order valence-electron chi connectivity index (χ3n) is 7.82. The summed E-state index contributed by atoms with van der Waals surface area (Å²) in [5.74, 6) is 3.05. The summed E-state index contributed by atoms with van der Waals surface area (Å²) in [6.07, 6.45) is 8.91. The Labute approximate surface area is 133 Å². The van der Waals surface area contributed by atoms with Crippen molar-refractivity contribution in [3.05, 3.63) is 0 Å². The minimum Gasteiger partial charge on any atom is -0.459 e. The number of rotatable bonds is 0. The summed E-state index contributed by atoms with van der Waals surface area (Å²) in [5, 5.41) is 0. The summed E-state index contributed by atoms with van der Waals surface area (Å²) in [6.45, 7) is 4.63. The van der Waals surface area contributed by atoms with Crippen LogP contribution in [0, 0.1) is 29.1 Å². The fraction of sp³-hybridized carbons (Fsp3) is 0.895. The molecule has 3 saturated carbocycles. The van der Waals surface area contributed by atoms with Crippen molar-refractivity contribution in [1.29, 1.82) is 0 Å². The van der Waals surface area contributed by atoms with Crippen molar-refractivity contribution in [2.45, 2.75) is 77.2 Å². The molecular weight excluding hydrogens is 276 g/mol. The average molecular weight is 304 g/mol. The van der Waals surface area contributed by atoms with Crippen LogP contribution in [0.15, 0.2) is 0 Å². The molecule has 0 spiro atoms. The molecule has 6 atom stereocenters. The molecule has 1 saturated heterocycles. The average Bonchev–Trinajstić information content (AvgIpc) is 2.46. The molecule has 0 aromatic rings. The zero-order valence-corrected chi connectivity index (χ0v) is 13.9. The van der Waals surface area contributed by atoms with Crippen molar-refractivity contribution in [2.75, 3.05) is 0 Å². The van der Waals surface area contributed by atoms with Crippen molar-refractivity contribution in [3.8, 4) is 0 Å². The van der Waals surface area contributed by atoms with Gasteiger partial charge in [0, 0.05) is 25.2 Å². The SMILES string of the molecule is C[C@]12CCC(=O)C[C@@H]1CC[C@H]1[C@H]3CCC(=O)O[C@]3(C)CC[C@@H]12. The second-order valence-corrected chi connectivity index (χ2v) is 8.76. The molecule has 0 N–H and O–H groups in total. The number of ketones is 1. The molecule has 1 heterocycles. The molecule has 0 aromatic carbocycles. The second kappa shape index (κ2) is 4.82. The summed E-state index contributed by atoms with van der Waals surface area (Å²) in [7, 11) is 0. The maximum Gasteiger partial charge on any atom is 0.306 e. The van der Waals surface area contributed by atoms with E-state index in [9.17, 15) is 9.59 Å². The van der Waals surface area contributed by atoms with E-state index in [2.05, 4.69) is 13.8 Å². The van der Waals surface area contributed by atoms with Crippen LogP contribution < -0.4 is 0 Å². The normalized spacial score (nSPS) is 51.4. The number of esters is 1. The third-order valence-corrected chi connectivity index (χ3v) is 7.82. The monoisotopic (exact) mass is 304 g/mol. The van der Waals surface area contributed by atoms with Gasteiger partial charge >= 0.3 is 5.97 Å². The van der Waals surface area contributed by atoms with Crippen molar-refractivity contribution >= 4 is 11.8 Å². The van der Waals surface area contributed by atoms with E-state index in [1.54, 1.807) is 0 Å². The van der Waals surface area contributed by atoms with Gasteiger partial charge in [0.25, 0.3) is 0 Å². The smallest absolute Gasteiger partial charge is 0.306 e. The Bertz CT molecular complexity index is 513. The Morgan fingerprint density at radius 2 is 1.77 bits per heavy atom. The molecule has 4 fully saturated rings. The molecule has 0 aromatic heterocycles. The zero-order chi connectivity index (χ0) is 15.5. The maximum atomic E-state index is 11.9. The molecule has 3 heteroatoms. The molecule has 3 aliphatic carbocycles. The van der Waals surface area contributed by atoms with Crippen molar-refractivity contribution in [2.24, 2.45) is 29.1 Å². The van der Waals surface area contributed by atoms with Gasteiger partial charge in [-0.25, -0.2) is 0 Å². The van der Waals surface area contributed by atoms with Gasteiger partial charge in [0.15, 0.2) is 0 Å². The number of hydrogen-bond acceptors (Lipinski definition) is 3. The van der Waals surface area contributed by atoms with Gasteiger partial charge in [0.05, 0.1) is 0 Å². The lowest BCUT2D eigenvalue weighted by Gasteiger charge is -2.61. The topological polar surface area (TPSA) is 43.4 Å². The maximum absolute atomic E-state index is 11.9. The molecule has 4 aliphatic rings. The first-order valence-electron chi connectivity index (χ1n) is 9.16. The number of Topliss-reactive ketones (excluding diaryl/α,β-unsaturated/α-hetero) is 1. The Morgan fingerprint density at radius 3 is 2.59 bits per heavy atom. The van der Waals surface area contributed by atoms with Crippen molar-refractivity contribution in [3.63, 3.8) is 0 Å². The molecule has 0 bridgehead atoms. The molecule has 0 unspecified atom stereocenters. The van der Waals surface area contributed by atoms with Gasteiger partial charge < -0.3 is 4.74 Å². The lowest BCUT2D eigenvalue weighted by Crippen LogP contribution is -2.58. The van der Waals surface area contributed by atoms with Gasteiger partial charge in [0.2, 0.25) is 0 Å². The van der Waals surface area contributed by atoms with Crippen molar-refractivity contribution < 1.29 is 14.3 Å². The van der Waals surface area contributed by atoms with Gasteiger partial charge in [-0.3, -0.25) is 9.59 Å². The van der Waals surface area contributed by atoms with Crippen LogP contribution in [0.2, 0.25) is 0 Å². The predicted octanol–water partition coefficient (Wildman–Crippen LogP) is 3.89. The molecule has 3 nitrogen and oxygen atoms in total. The Hall–Kier alpha value is -0.860. The zero-order valence-electron chi connectivity index (χ0n) is 13.9. The second-order valence-electron chi connectivity index (χ2n) is 8.76. The summed E-state index contributed by atoms with van der Waals surface area (Å²) in [6, 6.07) is 0. The van der Waals surface area contributed by atoms with Gasteiger partial charge in [-0.15, -0.1) is 0 Å². The van der Waals surface area contributed by atoms with Crippen LogP contribution in [-0.4, -0.2) is 17.4 Å². The van der Waals surface area contributed by atoms with Gasteiger partial charge in [-0.05, 0) is 68.6 Å². The van der Waals surface area contributed by atoms with E-state index in [-0.39, 0.29) is 11.6 Å². The highest BCUT2D eigenvalue weighted by Gasteiger charge is 2.58. The standard InChI is InChI=1S/C19H28O3/c1-18-9-7-13(20)11-12(18)3-4-14-15(18)8-10-19(2)16(14)5-6-17(21)22-19/h12,14-16H,3-11H2,1-2H3/t12-,14+,15-,16+,18-,19+/m0/s1. The first kappa shape index (κ1) is 14.7. The van der Waals surface area contributed by atoms with E-state index in [0.29, 0.717) is 35.4 Å². The van der Waals surface area contributed by atoms with E-state index in [0.717, 1.165) is 38.0 Å². The minimum absolute atomic E-state index is 0.000334. The van der Waals surface area contributed by atoms with E-state index in [4.69, 9.17) is 4.74 Å². The molecule has 0 radical (unpaired) electrons. The highest BCUT2D eigenvalue weighted by atomic mass is 16.6. The first-order chi connectivity index (χ1) is 10.4. The highest BCUT2D eigenvalue weighted by molar-refractivity contribution is 5.79. The van der Waals surface area contributed by atoms with E-state index in [1.807, 2.05) is 0 Å². The van der Waals surface area contributed by atoms with Gasteiger partial charge in [-0.1, -0.05) is 6.92 Å². The molecule has 22 heavy (non-hydrogen) atoms. The third kappa shape index (κ3) is 2.00. The minimum atomic E-state index is -0.218. The van der Waals surface area contributed by atoms with E-state index in [1.165, 1.54) is 19.3 Å². The van der Waals surface area contributed by atoms with Crippen LogP contribution in [0.4, 0.5) is 0 Å². The van der Waals surface area contributed by atoms with Crippen molar-refractivity contribution in [1.82, 2.24) is 0 Å². The Balaban J connectivity index is 1.62. The lowest BCUT2D eigenvalue weighted by molar-refractivity contribution is -0.202. The summed E-state index contributed by atoms with van der Waals surface area (Å²) < 4.78 is 5.82. The molecule has 1 aliphatic heterocycles. The van der Waals surface area contributed by atoms with E-state index >= 15 is 0 Å². The summed E-state index contributed by atoms with van der Waals surface area (Å²) >= 11 is 0. The quantitative estimate of drug-likeness (QED) is 0.638. The summed E-state index contributed by atoms with van der Waals surface area (Å²) in [5.41, 5.74) is 0.129. The van der Waals surface area contributed by atoms with Crippen LogP contribution >= 0.6 is 0 Å². The number of carbonyl (C=O) groups excluding carboxylic acids is 2. The van der Waals surface area contributed by atoms with Crippen LogP contribution in [0.3, 0.4) is 0 Å². The molecule has 122 valence electrons. The molecule has 0 amide bonds. The fourth-order valence-corrected chi connectivity index (χ4v) is 6.56. The largest absolute Gasteiger partial charge is 0.459 e. The number of hydrogen-bond donors (Lipinski definition) is 0. The Kier molecular flexibility index (Phi) is 3.22. The number of fused-ring (bicyclic) bond motifs is 5. The molecular formula is C19H28O3. The van der Waals surface area contributed by atoms with Crippen LogP contribution in [0.5, 0.6) is 0 Å². The fourth-order valence-electron chi connectivity index (χ4n) is 6.56. The number of carbonyl (C=O) groups is 2. The van der Waals surface area contributed by atoms with Gasteiger partial charge in [0.1, 0.15) is 11.4 Å². The summed E-state index contributed by atoms with van der Waals surface area (Å²) in [4.78, 5) is 23.6. The van der Waals surface area contributed by atoms with Gasteiger partial charge in [-0.2, -0.15) is 0 Å². The highest BCUT2D eigenvalue weighted by Crippen LogP contribution is 2.62. The van der Waals surface area contributed by atoms with E-state index < -0.39 is 0 Å². The molecule has 4 rings (SSSR count). The lowest BCUT2D eigenvalue weighted by atomic mass is 9.46. The Morgan fingerprint density at radius 1 is 0.955 bits per heavy atom. The van der Waals surface area contributed by atoms with Crippen LogP contribution in [0.1, 0.15) is 71.6 Å². The van der Waals surface area contributed by atoms with Crippen LogP contribution in [-0.2, 0) is 14.3 Å². The number of ether oxygens (including phenoxy) is 1. The first-order valence-corrected chi connectivity index (χ1v) is 9.16. The van der Waals surface area contributed by atoms with Crippen LogP contribution in [0.25, 0.3) is 0 Å². The predicted molar refractivity (Wildman–Crippen MR) is 83.1 cm³/mol.